The molecule has 1 aromatic carbocycles. The Labute approximate surface area is 134 Å². The van der Waals surface area contributed by atoms with Gasteiger partial charge in [0.15, 0.2) is 12.0 Å². The number of carbonyl (C=O) groups is 1. The summed E-state index contributed by atoms with van der Waals surface area (Å²) in [5, 5.41) is 4.03. The number of nitrogens with zero attached hydrogens (tertiary/aromatic N) is 3. The number of fused-ring (bicyclic) bond motifs is 1. The number of benzene rings is 1. The first kappa shape index (κ1) is 15.3. The van der Waals surface area contributed by atoms with E-state index in [2.05, 4.69) is 10.1 Å². The second-order valence-electron chi connectivity index (χ2n) is 6.22. The highest BCUT2D eigenvalue weighted by atomic mass is 19.4. The third-order valence-corrected chi connectivity index (χ3v) is 4.62. The van der Waals surface area contributed by atoms with Gasteiger partial charge in [-0.05, 0) is 12.0 Å². The maximum Gasteiger partial charge on any atom is 0.392 e. The van der Waals surface area contributed by atoms with Crippen molar-refractivity contribution in [2.45, 2.75) is 31.2 Å². The fourth-order valence-electron chi connectivity index (χ4n) is 3.25. The fraction of sp³-hybridized carbons (Fsp3) is 0.438. The Morgan fingerprint density at radius 3 is 2.50 bits per heavy atom. The average Bonchev–Trinajstić information content (AvgIpc) is 3.16. The smallest absolute Gasteiger partial charge is 0.290 e. The SMILES string of the molecule is O=C(c1nc2n(n1)[C@H](c1ccccc1)C[C@@H]2F)C1CC1C(F)(F)F. The van der Waals surface area contributed by atoms with Crippen LogP contribution in [0.3, 0.4) is 0 Å². The van der Waals surface area contributed by atoms with E-state index < -0.39 is 36.0 Å². The van der Waals surface area contributed by atoms with Crippen molar-refractivity contribution in [2.24, 2.45) is 11.8 Å². The molecule has 1 aliphatic carbocycles. The summed E-state index contributed by atoms with van der Waals surface area (Å²) in [7, 11) is 0. The summed E-state index contributed by atoms with van der Waals surface area (Å²) in [6.07, 6.45) is -5.87. The van der Waals surface area contributed by atoms with E-state index in [1.54, 1.807) is 0 Å². The highest BCUT2D eigenvalue weighted by molar-refractivity contribution is 5.96. The highest BCUT2D eigenvalue weighted by Crippen LogP contribution is 2.51. The zero-order chi connectivity index (χ0) is 17.1. The number of ketones is 1. The molecule has 2 aromatic rings. The van der Waals surface area contributed by atoms with Crippen LogP contribution in [0.25, 0.3) is 0 Å². The summed E-state index contributed by atoms with van der Waals surface area (Å²) >= 11 is 0. The van der Waals surface area contributed by atoms with Crippen LogP contribution < -0.4 is 0 Å². The van der Waals surface area contributed by atoms with Gasteiger partial charge in [-0.2, -0.15) is 13.2 Å². The predicted octanol–water partition coefficient (Wildman–Crippen LogP) is 3.66. The van der Waals surface area contributed by atoms with Crippen molar-refractivity contribution >= 4 is 5.78 Å². The van der Waals surface area contributed by atoms with Crippen LogP contribution in [0, 0.1) is 11.8 Å². The molecule has 0 saturated heterocycles. The van der Waals surface area contributed by atoms with Crippen LogP contribution in [0.4, 0.5) is 17.6 Å². The molecular weight excluding hydrogens is 326 g/mol. The summed E-state index contributed by atoms with van der Waals surface area (Å²) in [5.74, 6) is -3.82. The van der Waals surface area contributed by atoms with Gasteiger partial charge in [0.05, 0.1) is 12.0 Å². The molecule has 1 aromatic heterocycles. The zero-order valence-corrected chi connectivity index (χ0v) is 12.4. The molecule has 4 rings (SSSR count). The molecule has 0 bridgehead atoms. The Bertz CT molecular complexity index is 786. The van der Waals surface area contributed by atoms with Gasteiger partial charge in [0, 0.05) is 12.3 Å². The van der Waals surface area contributed by atoms with Crippen LogP contribution in [-0.2, 0) is 0 Å². The minimum atomic E-state index is -4.39. The van der Waals surface area contributed by atoms with E-state index in [0.717, 1.165) is 5.56 Å². The van der Waals surface area contributed by atoms with Crippen LogP contribution in [-0.4, -0.2) is 26.7 Å². The number of rotatable bonds is 3. The molecule has 1 aliphatic heterocycles. The fourth-order valence-corrected chi connectivity index (χ4v) is 3.25. The molecular formula is C16H13F4N3O. The molecule has 8 heteroatoms. The van der Waals surface area contributed by atoms with Gasteiger partial charge < -0.3 is 0 Å². The molecule has 2 aliphatic rings. The largest absolute Gasteiger partial charge is 0.392 e. The molecule has 1 saturated carbocycles. The second-order valence-corrected chi connectivity index (χ2v) is 6.22. The third kappa shape index (κ3) is 2.40. The van der Waals surface area contributed by atoms with Gasteiger partial charge in [0.25, 0.3) is 0 Å². The van der Waals surface area contributed by atoms with Gasteiger partial charge in [0.1, 0.15) is 0 Å². The van der Waals surface area contributed by atoms with E-state index in [0.29, 0.717) is 0 Å². The summed E-state index contributed by atoms with van der Waals surface area (Å²) in [6.45, 7) is 0. The maximum atomic E-state index is 14.2. The van der Waals surface area contributed by atoms with Crippen molar-refractivity contribution in [2.75, 3.05) is 0 Å². The van der Waals surface area contributed by atoms with Gasteiger partial charge in [0.2, 0.25) is 11.6 Å². The van der Waals surface area contributed by atoms with Crippen molar-refractivity contribution in [3.63, 3.8) is 0 Å². The Morgan fingerprint density at radius 2 is 1.88 bits per heavy atom. The first-order valence-electron chi connectivity index (χ1n) is 7.62. The van der Waals surface area contributed by atoms with E-state index in [-0.39, 0.29) is 24.5 Å². The Hall–Kier alpha value is -2.25. The van der Waals surface area contributed by atoms with Gasteiger partial charge in [-0.1, -0.05) is 30.3 Å². The highest BCUT2D eigenvalue weighted by Gasteiger charge is 2.59. The van der Waals surface area contributed by atoms with Crippen molar-refractivity contribution in [1.82, 2.24) is 14.8 Å². The lowest BCUT2D eigenvalue weighted by atomic mass is 10.0. The summed E-state index contributed by atoms with van der Waals surface area (Å²) in [6, 6.07) is 8.67. The molecule has 24 heavy (non-hydrogen) atoms. The van der Waals surface area contributed by atoms with Crippen molar-refractivity contribution in [3.05, 3.63) is 47.5 Å². The van der Waals surface area contributed by atoms with Crippen LogP contribution in [0.2, 0.25) is 0 Å². The molecule has 0 radical (unpaired) electrons. The third-order valence-electron chi connectivity index (χ3n) is 4.62. The standard InChI is InChI=1S/C16H13F4N3O/c17-11-7-12(8-4-2-1-3-5-8)23-15(11)21-14(22-23)13(24)9-6-10(9)16(18,19)20/h1-5,9-12H,6-7H2/t9?,10?,11-,12-/m0/s1. The monoisotopic (exact) mass is 339 g/mol. The summed E-state index contributed by atoms with van der Waals surface area (Å²) in [5.41, 5.74) is 0.822. The lowest BCUT2D eigenvalue weighted by molar-refractivity contribution is -0.149. The summed E-state index contributed by atoms with van der Waals surface area (Å²) < 4.78 is 53.4. The van der Waals surface area contributed by atoms with Crippen LogP contribution in [0.1, 0.15) is 47.1 Å². The van der Waals surface area contributed by atoms with Crippen LogP contribution >= 0.6 is 0 Å². The maximum absolute atomic E-state index is 14.2. The second kappa shape index (κ2) is 5.12. The molecule has 0 N–H and O–H groups in total. The molecule has 4 atom stereocenters. The van der Waals surface area contributed by atoms with Crippen molar-refractivity contribution < 1.29 is 22.4 Å². The molecule has 1 fully saturated rings. The van der Waals surface area contributed by atoms with Crippen LogP contribution in [0.5, 0.6) is 0 Å². The number of hydrogen-bond donors (Lipinski definition) is 0. The van der Waals surface area contributed by atoms with Gasteiger partial charge in [-0.25, -0.2) is 14.1 Å². The van der Waals surface area contributed by atoms with E-state index in [4.69, 9.17) is 0 Å². The Morgan fingerprint density at radius 1 is 1.17 bits per heavy atom. The summed E-state index contributed by atoms with van der Waals surface area (Å²) in [4.78, 5) is 16.0. The zero-order valence-electron chi connectivity index (χ0n) is 12.4. The van der Waals surface area contributed by atoms with Gasteiger partial charge >= 0.3 is 6.18 Å². The number of Topliss-reactive ketones (excluding diaryl/α,β-unsaturated/α-hetero) is 1. The van der Waals surface area contributed by atoms with E-state index in [1.807, 2.05) is 30.3 Å². The van der Waals surface area contributed by atoms with Crippen LogP contribution in [0.15, 0.2) is 30.3 Å². The Balaban J connectivity index is 1.61. The normalized spacial score (nSPS) is 28.7. The first-order valence-corrected chi connectivity index (χ1v) is 7.62. The minimum Gasteiger partial charge on any atom is -0.290 e. The lowest BCUT2D eigenvalue weighted by Crippen LogP contribution is -2.17. The topological polar surface area (TPSA) is 47.8 Å². The van der Waals surface area contributed by atoms with Crippen molar-refractivity contribution in [1.29, 1.82) is 0 Å². The minimum absolute atomic E-state index is 0.0106. The average molecular weight is 339 g/mol. The van der Waals surface area contributed by atoms with E-state index >= 15 is 0 Å². The predicted molar refractivity (Wildman–Crippen MR) is 75.1 cm³/mol. The molecule has 4 nitrogen and oxygen atoms in total. The quantitative estimate of drug-likeness (QED) is 0.633. The van der Waals surface area contributed by atoms with E-state index in [1.165, 1.54) is 4.68 Å². The molecule has 0 spiro atoms. The molecule has 2 heterocycles. The first-order chi connectivity index (χ1) is 11.4. The number of hydrogen-bond acceptors (Lipinski definition) is 3. The molecule has 2 unspecified atom stereocenters. The van der Waals surface area contributed by atoms with Gasteiger partial charge in [-0.15, -0.1) is 5.10 Å². The number of alkyl halides is 4. The van der Waals surface area contributed by atoms with Crippen molar-refractivity contribution in [3.8, 4) is 0 Å². The lowest BCUT2D eigenvalue weighted by Gasteiger charge is -2.11. The number of carbonyl (C=O) groups excluding carboxylic acids is 1. The van der Waals surface area contributed by atoms with E-state index in [9.17, 15) is 22.4 Å². The van der Waals surface area contributed by atoms with Gasteiger partial charge in [-0.3, -0.25) is 4.79 Å². The Kier molecular flexibility index (Phi) is 3.26. The molecule has 0 amide bonds. The molecule has 126 valence electrons. The number of halogens is 4. The number of aromatic nitrogens is 3.